The van der Waals surface area contributed by atoms with E-state index >= 15 is 0 Å². The molecule has 2 bridgehead atoms. The predicted molar refractivity (Wildman–Crippen MR) is 75.7 cm³/mol. The van der Waals surface area contributed by atoms with Gasteiger partial charge in [0.25, 0.3) is 0 Å². The summed E-state index contributed by atoms with van der Waals surface area (Å²) in [5, 5.41) is 11.0. The van der Waals surface area contributed by atoms with Crippen molar-refractivity contribution in [3.05, 3.63) is 33.8 Å². The number of fused-ring (bicyclic) bond motifs is 2. The van der Waals surface area contributed by atoms with Crippen LogP contribution in [0.1, 0.15) is 31.2 Å². The number of benzene rings is 1. The van der Waals surface area contributed by atoms with Gasteiger partial charge in [0, 0.05) is 10.0 Å². The van der Waals surface area contributed by atoms with Crippen LogP contribution in [-0.2, 0) is 11.2 Å². The van der Waals surface area contributed by atoms with Crippen LogP contribution in [0, 0.1) is 17.3 Å². The van der Waals surface area contributed by atoms with Crippen LogP contribution in [0.5, 0.6) is 0 Å². The summed E-state index contributed by atoms with van der Waals surface area (Å²) in [5.74, 6) is 0.208. The molecule has 0 spiro atoms. The van der Waals surface area contributed by atoms with Gasteiger partial charge in [-0.15, -0.1) is 0 Å². The van der Waals surface area contributed by atoms with Crippen molar-refractivity contribution in [3.8, 4) is 0 Å². The van der Waals surface area contributed by atoms with Crippen LogP contribution in [-0.4, -0.2) is 11.1 Å². The highest BCUT2D eigenvalue weighted by molar-refractivity contribution is 6.33. The first-order valence-corrected chi connectivity index (χ1v) is 7.44. The summed E-state index contributed by atoms with van der Waals surface area (Å²) in [5.41, 5.74) is 0.237. The number of hydrogen-bond acceptors (Lipinski definition) is 1. The zero-order valence-corrected chi connectivity index (χ0v) is 12.0. The summed E-state index contributed by atoms with van der Waals surface area (Å²) >= 11 is 12.2. The van der Waals surface area contributed by atoms with E-state index in [1.165, 1.54) is 6.42 Å². The fraction of sp³-hybridized carbons (Fsp3) is 0.533. The molecule has 2 aliphatic rings. The molecule has 0 amide bonds. The van der Waals surface area contributed by atoms with Crippen molar-refractivity contribution in [2.24, 2.45) is 17.3 Å². The first-order chi connectivity index (χ1) is 9.01. The van der Waals surface area contributed by atoms with Gasteiger partial charge in [0.05, 0.1) is 5.41 Å². The van der Waals surface area contributed by atoms with E-state index in [0.29, 0.717) is 28.3 Å². The zero-order chi connectivity index (χ0) is 13.6. The molecule has 0 saturated heterocycles. The number of halogens is 2. The smallest absolute Gasteiger partial charge is 0.310 e. The predicted octanol–water partition coefficient (Wildman–Crippen LogP) is 4.43. The first kappa shape index (κ1) is 13.3. The van der Waals surface area contributed by atoms with E-state index in [-0.39, 0.29) is 0 Å². The highest BCUT2D eigenvalue weighted by Crippen LogP contribution is 2.57. The monoisotopic (exact) mass is 298 g/mol. The van der Waals surface area contributed by atoms with Crippen LogP contribution in [0.25, 0.3) is 0 Å². The Balaban J connectivity index is 1.95. The Hall–Kier alpha value is -0.730. The summed E-state index contributed by atoms with van der Waals surface area (Å²) in [6, 6.07) is 5.30. The topological polar surface area (TPSA) is 37.3 Å². The number of rotatable bonds is 3. The lowest BCUT2D eigenvalue weighted by molar-refractivity contribution is -0.152. The van der Waals surface area contributed by atoms with E-state index in [2.05, 4.69) is 0 Å². The highest BCUT2D eigenvalue weighted by Gasteiger charge is 2.55. The summed E-state index contributed by atoms with van der Waals surface area (Å²) in [7, 11) is 0. The Morgan fingerprint density at radius 2 is 2.16 bits per heavy atom. The van der Waals surface area contributed by atoms with Crippen molar-refractivity contribution in [3.63, 3.8) is 0 Å². The first-order valence-electron chi connectivity index (χ1n) is 6.68. The van der Waals surface area contributed by atoms with Gasteiger partial charge in [-0.25, -0.2) is 0 Å². The molecule has 0 radical (unpaired) electrons. The van der Waals surface area contributed by atoms with Crippen molar-refractivity contribution >= 4 is 29.2 Å². The third kappa shape index (κ3) is 2.15. The van der Waals surface area contributed by atoms with E-state index in [4.69, 9.17) is 23.2 Å². The molecular formula is C15H16Cl2O2. The third-order valence-corrected chi connectivity index (χ3v) is 5.52. The molecule has 1 aromatic rings. The van der Waals surface area contributed by atoms with E-state index in [1.807, 2.05) is 0 Å². The van der Waals surface area contributed by atoms with Gasteiger partial charge in [0.2, 0.25) is 0 Å². The summed E-state index contributed by atoms with van der Waals surface area (Å²) in [6.07, 6.45) is 4.57. The average Bonchev–Trinajstić information content (AvgIpc) is 2.94. The zero-order valence-electron chi connectivity index (χ0n) is 10.5. The van der Waals surface area contributed by atoms with Crippen molar-refractivity contribution in [1.82, 2.24) is 0 Å². The van der Waals surface area contributed by atoms with Crippen LogP contribution >= 0.6 is 23.2 Å². The Bertz CT molecular complexity index is 529. The number of carbonyl (C=O) groups is 1. The minimum atomic E-state index is -0.671. The summed E-state index contributed by atoms with van der Waals surface area (Å²) in [4.78, 5) is 11.8. The second-order valence-corrected chi connectivity index (χ2v) is 6.80. The van der Waals surface area contributed by atoms with Crippen molar-refractivity contribution < 1.29 is 9.90 Å². The maximum Gasteiger partial charge on any atom is 0.310 e. The van der Waals surface area contributed by atoms with Crippen molar-refractivity contribution in [2.75, 3.05) is 0 Å². The van der Waals surface area contributed by atoms with E-state index in [9.17, 15) is 9.90 Å². The number of hydrogen-bond donors (Lipinski definition) is 1. The molecule has 2 fully saturated rings. The fourth-order valence-electron chi connectivity index (χ4n) is 4.02. The molecule has 0 heterocycles. The maximum atomic E-state index is 11.8. The van der Waals surface area contributed by atoms with E-state index in [0.717, 1.165) is 24.8 Å². The maximum absolute atomic E-state index is 11.8. The molecule has 2 saturated carbocycles. The standard InChI is InChI=1S/C15H16Cl2O2/c16-12-3-4-13(17)10(6-12)8-15(14(18)19)7-9-1-2-11(15)5-9/h3-4,6,9,11H,1-2,5,7-8H2,(H,18,19). The van der Waals surface area contributed by atoms with Crippen molar-refractivity contribution in [1.29, 1.82) is 0 Å². The highest BCUT2D eigenvalue weighted by atomic mass is 35.5. The van der Waals surface area contributed by atoms with Crippen LogP contribution in [0.2, 0.25) is 10.0 Å². The summed E-state index contributed by atoms with van der Waals surface area (Å²) in [6.45, 7) is 0. The number of carboxylic acid groups (broad SMARTS) is 1. The summed E-state index contributed by atoms with van der Waals surface area (Å²) < 4.78 is 0. The largest absolute Gasteiger partial charge is 0.481 e. The van der Waals surface area contributed by atoms with Gasteiger partial charge in [-0.3, -0.25) is 4.79 Å². The minimum absolute atomic E-state index is 0.296. The number of carboxylic acids is 1. The second-order valence-electron chi connectivity index (χ2n) is 5.95. The molecule has 1 N–H and O–H groups in total. The Kier molecular flexibility index (Phi) is 3.26. The second kappa shape index (κ2) is 4.68. The van der Waals surface area contributed by atoms with Gasteiger partial charge in [-0.2, -0.15) is 0 Å². The molecule has 4 heteroatoms. The van der Waals surface area contributed by atoms with Crippen LogP contribution < -0.4 is 0 Å². The molecule has 2 aliphatic carbocycles. The lowest BCUT2D eigenvalue weighted by Crippen LogP contribution is -2.38. The molecule has 0 aromatic heterocycles. The SMILES string of the molecule is O=C(O)C1(Cc2cc(Cl)ccc2Cl)CC2CCC1C2. The van der Waals surface area contributed by atoms with Crippen LogP contribution in [0.15, 0.2) is 18.2 Å². The lowest BCUT2D eigenvalue weighted by Gasteiger charge is -2.34. The molecule has 3 atom stereocenters. The molecule has 102 valence electrons. The van der Waals surface area contributed by atoms with Gasteiger partial charge in [-0.05, 0) is 61.3 Å². The molecular weight excluding hydrogens is 283 g/mol. The number of aliphatic carboxylic acids is 1. The molecule has 3 unspecified atom stereocenters. The third-order valence-electron chi connectivity index (χ3n) is 4.92. The fourth-order valence-corrected chi connectivity index (χ4v) is 4.40. The molecule has 0 aliphatic heterocycles. The lowest BCUT2D eigenvalue weighted by atomic mass is 9.69. The van der Waals surface area contributed by atoms with Gasteiger partial charge in [0.15, 0.2) is 0 Å². The Labute approximate surface area is 122 Å². The van der Waals surface area contributed by atoms with E-state index in [1.54, 1.807) is 18.2 Å². The molecule has 1 aromatic carbocycles. The van der Waals surface area contributed by atoms with Gasteiger partial charge >= 0.3 is 5.97 Å². The Morgan fingerprint density at radius 3 is 2.74 bits per heavy atom. The molecule has 3 rings (SSSR count). The minimum Gasteiger partial charge on any atom is -0.481 e. The molecule has 19 heavy (non-hydrogen) atoms. The molecule has 2 nitrogen and oxygen atoms in total. The normalized spacial score (nSPS) is 32.7. The Morgan fingerprint density at radius 1 is 1.37 bits per heavy atom. The van der Waals surface area contributed by atoms with E-state index < -0.39 is 11.4 Å². The van der Waals surface area contributed by atoms with Gasteiger partial charge in [0.1, 0.15) is 0 Å². The van der Waals surface area contributed by atoms with Crippen LogP contribution in [0.4, 0.5) is 0 Å². The quantitative estimate of drug-likeness (QED) is 0.896. The van der Waals surface area contributed by atoms with Gasteiger partial charge < -0.3 is 5.11 Å². The van der Waals surface area contributed by atoms with Crippen molar-refractivity contribution in [2.45, 2.75) is 32.1 Å². The average molecular weight is 299 g/mol. The van der Waals surface area contributed by atoms with Crippen LogP contribution in [0.3, 0.4) is 0 Å². The van der Waals surface area contributed by atoms with Gasteiger partial charge in [-0.1, -0.05) is 29.6 Å².